The number of nitrogens with one attached hydrogen (secondary N) is 3. The summed E-state index contributed by atoms with van der Waals surface area (Å²) in [5.41, 5.74) is 1.23. The third-order valence-electron chi connectivity index (χ3n) is 5.80. The molecule has 1 aliphatic carbocycles. The number of benzene rings is 1. The van der Waals surface area contributed by atoms with E-state index in [1.54, 1.807) is 12.1 Å². The molecule has 9 heteroatoms. The molecule has 0 fully saturated rings. The van der Waals surface area contributed by atoms with Crippen LogP contribution >= 0.6 is 12.2 Å². The van der Waals surface area contributed by atoms with Crippen molar-refractivity contribution in [2.75, 3.05) is 26.6 Å². The minimum atomic E-state index is -0.560. The molecular weight excluding hydrogens is 418 g/mol. The number of methoxy groups -OCH3 is 3. The minimum Gasteiger partial charge on any atom is -0.493 e. The van der Waals surface area contributed by atoms with Crippen LogP contribution in [0.4, 0.5) is 5.82 Å². The predicted octanol–water partition coefficient (Wildman–Crippen LogP) is 3.51. The molecule has 0 bridgehead atoms. The Bertz CT molecular complexity index is 1190. The molecule has 164 valence electrons. The summed E-state index contributed by atoms with van der Waals surface area (Å²) in [4.78, 5) is 32.0. The van der Waals surface area contributed by atoms with Crippen LogP contribution in [0, 0.1) is 16.1 Å². The van der Waals surface area contributed by atoms with Gasteiger partial charge in [-0.25, -0.2) is 0 Å². The summed E-state index contributed by atoms with van der Waals surface area (Å²) in [5, 5.41) is 3.26. The molecule has 2 atom stereocenters. The first-order valence-electron chi connectivity index (χ1n) is 9.88. The standard InChI is InChI=1S/C22H25N3O5S/c1-22(2)8-11-16(12(26)9-22)15(17-19(23-11)24-21(31)25-20(17)27)10-6-13(28-3)18(30-5)14(7-10)29-4/h6-8,15-16H,9H2,1-5H3,(H3,23,24,25,27,31)/t15-,16-/m1/s1. The fraction of sp³-hybridized carbons (Fsp3) is 0.409. The summed E-state index contributed by atoms with van der Waals surface area (Å²) in [5.74, 6) is 0.778. The van der Waals surface area contributed by atoms with Gasteiger partial charge in [-0.2, -0.15) is 0 Å². The number of ketones is 1. The van der Waals surface area contributed by atoms with Gasteiger partial charge in [0.15, 0.2) is 16.3 Å². The van der Waals surface area contributed by atoms with E-state index in [0.717, 1.165) is 5.70 Å². The molecule has 8 nitrogen and oxygen atoms in total. The smallest absolute Gasteiger partial charge is 0.257 e. The van der Waals surface area contributed by atoms with Crippen molar-refractivity contribution in [3.8, 4) is 17.2 Å². The summed E-state index contributed by atoms with van der Waals surface area (Å²) in [7, 11) is 4.58. The number of ether oxygens (including phenoxy) is 3. The predicted molar refractivity (Wildman–Crippen MR) is 119 cm³/mol. The Morgan fingerprint density at radius 2 is 1.65 bits per heavy atom. The molecule has 0 saturated heterocycles. The molecule has 31 heavy (non-hydrogen) atoms. The fourth-order valence-corrected chi connectivity index (χ4v) is 4.81. The van der Waals surface area contributed by atoms with Crippen molar-refractivity contribution in [1.29, 1.82) is 0 Å². The summed E-state index contributed by atoms with van der Waals surface area (Å²) < 4.78 is 16.7. The van der Waals surface area contributed by atoms with Gasteiger partial charge in [0.2, 0.25) is 5.75 Å². The monoisotopic (exact) mass is 443 g/mol. The van der Waals surface area contributed by atoms with Crippen LogP contribution in [-0.4, -0.2) is 37.1 Å². The highest BCUT2D eigenvalue weighted by Gasteiger charge is 2.45. The van der Waals surface area contributed by atoms with Gasteiger partial charge >= 0.3 is 0 Å². The molecule has 3 N–H and O–H groups in total. The molecule has 1 aliphatic heterocycles. The van der Waals surface area contributed by atoms with Crippen molar-refractivity contribution >= 4 is 23.8 Å². The molecule has 4 rings (SSSR count). The largest absolute Gasteiger partial charge is 0.493 e. The van der Waals surface area contributed by atoms with Crippen LogP contribution in [0.1, 0.15) is 37.3 Å². The van der Waals surface area contributed by atoms with Crippen molar-refractivity contribution in [3.05, 3.63) is 50.2 Å². The van der Waals surface area contributed by atoms with E-state index in [4.69, 9.17) is 26.4 Å². The van der Waals surface area contributed by atoms with Crippen LogP contribution in [0.25, 0.3) is 0 Å². The van der Waals surface area contributed by atoms with E-state index in [0.29, 0.717) is 40.6 Å². The first-order valence-corrected chi connectivity index (χ1v) is 10.3. The summed E-state index contributed by atoms with van der Waals surface area (Å²) >= 11 is 5.17. The number of carbonyl (C=O) groups is 1. The normalized spacial score (nSPS) is 21.3. The fourth-order valence-electron chi connectivity index (χ4n) is 4.62. The number of aromatic nitrogens is 2. The Hall–Kier alpha value is -3.07. The van der Waals surface area contributed by atoms with Gasteiger partial charge < -0.3 is 24.5 Å². The van der Waals surface area contributed by atoms with Gasteiger partial charge in [-0.05, 0) is 35.3 Å². The minimum absolute atomic E-state index is 0.0567. The molecule has 0 amide bonds. The van der Waals surface area contributed by atoms with Crippen molar-refractivity contribution in [1.82, 2.24) is 9.97 Å². The molecule has 0 saturated carbocycles. The Kier molecular flexibility index (Phi) is 5.17. The molecule has 2 aromatic rings. The van der Waals surface area contributed by atoms with Gasteiger partial charge in [0, 0.05) is 18.0 Å². The van der Waals surface area contributed by atoms with Gasteiger partial charge in [-0.15, -0.1) is 0 Å². The van der Waals surface area contributed by atoms with E-state index in [2.05, 4.69) is 21.4 Å². The zero-order valence-corrected chi connectivity index (χ0v) is 18.9. The maximum atomic E-state index is 13.3. The number of fused-ring (bicyclic) bond motifs is 2. The van der Waals surface area contributed by atoms with E-state index in [1.807, 2.05) is 13.8 Å². The second kappa shape index (κ2) is 7.56. The maximum Gasteiger partial charge on any atom is 0.257 e. The summed E-state index contributed by atoms with van der Waals surface area (Å²) in [6, 6.07) is 3.57. The topological polar surface area (TPSA) is 105 Å². The highest BCUT2D eigenvalue weighted by Crippen LogP contribution is 2.50. The molecule has 2 heterocycles. The molecule has 0 unspecified atom stereocenters. The molecule has 1 aromatic heterocycles. The number of hydrogen-bond donors (Lipinski definition) is 3. The third-order valence-corrected chi connectivity index (χ3v) is 6.00. The van der Waals surface area contributed by atoms with E-state index in [-0.39, 0.29) is 21.5 Å². The Morgan fingerprint density at radius 1 is 1.00 bits per heavy atom. The zero-order valence-electron chi connectivity index (χ0n) is 18.0. The first-order chi connectivity index (χ1) is 14.7. The summed E-state index contributed by atoms with van der Waals surface area (Å²) in [6.45, 7) is 4.03. The lowest BCUT2D eigenvalue weighted by atomic mass is 9.67. The molecule has 1 aromatic carbocycles. The third kappa shape index (κ3) is 3.52. The van der Waals surface area contributed by atoms with Crippen LogP contribution in [0.3, 0.4) is 0 Å². The van der Waals surface area contributed by atoms with E-state index in [9.17, 15) is 9.59 Å². The zero-order chi connectivity index (χ0) is 22.5. The van der Waals surface area contributed by atoms with Crippen LogP contribution < -0.4 is 25.1 Å². The van der Waals surface area contributed by atoms with Crippen molar-refractivity contribution in [2.24, 2.45) is 11.3 Å². The second-order valence-electron chi connectivity index (χ2n) is 8.47. The van der Waals surface area contributed by atoms with Crippen LogP contribution in [0.5, 0.6) is 17.2 Å². The highest BCUT2D eigenvalue weighted by atomic mass is 32.1. The van der Waals surface area contributed by atoms with E-state index >= 15 is 0 Å². The van der Waals surface area contributed by atoms with Crippen molar-refractivity contribution < 1.29 is 19.0 Å². The van der Waals surface area contributed by atoms with Crippen molar-refractivity contribution in [2.45, 2.75) is 26.2 Å². The van der Waals surface area contributed by atoms with Crippen LogP contribution in [0.2, 0.25) is 0 Å². The second-order valence-corrected chi connectivity index (χ2v) is 8.88. The van der Waals surface area contributed by atoms with E-state index < -0.39 is 11.8 Å². The van der Waals surface area contributed by atoms with Crippen molar-refractivity contribution in [3.63, 3.8) is 0 Å². The highest BCUT2D eigenvalue weighted by molar-refractivity contribution is 7.71. The summed E-state index contributed by atoms with van der Waals surface area (Å²) in [6.07, 6.45) is 2.44. The average Bonchev–Trinajstić information content (AvgIpc) is 2.69. The Labute approximate surface area is 184 Å². The number of hydrogen-bond acceptors (Lipinski definition) is 7. The number of H-pyrrole nitrogens is 2. The number of carbonyl (C=O) groups excluding carboxylic acids is 1. The molecule has 0 radical (unpaired) electrons. The molecule has 2 aliphatic rings. The average molecular weight is 444 g/mol. The number of rotatable bonds is 4. The van der Waals surface area contributed by atoms with E-state index in [1.165, 1.54) is 21.3 Å². The van der Waals surface area contributed by atoms with Gasteiger partial charge in [0.25, 0.3) is 5.56 Å². The van der Waals surface area contributed by atoms with Gasteiger partial charge in [0.1, 0.15) is 11.6 Å². The molecular formula is C22H25N3O5S. The quantitative estimate of drug-likeness (QED) is 0.621. The van der Waals surface area contributed by atoms with Gasteiger partial charge in [-0.3, -0.25) is 14.6 Å². The Balaban J connectivity index is 2.03. The van der Waals surface area contributed by atoms with Crippen LogP contribution in [-0.2, 0) is 4.79 Å². The number of anilines is 1. The maximum absolute atomic E-state index is 13.3. The van der Waals surface area contributed by atoms with Gasteiger partial charge in [0.05, 0.1) is 32.8 Å². The number of aromatic amines is 2. The lowest BCUT2D eigenvalue weighted by Crippen LogP contribution is -2.41. The van der Waals surface area contributed by atoms with Gasteiger partial charge in [-0.1, -0.05) is 19.9 Å². The number of allylic oxidation sites excluding steroid dienone is 2. The number of Topliss-reactive ketones (excluding diaryl/α,β-unsaturated/α-hetero) is 1. The first kappa shape index (κ1) is 21.2. The lowest BCUT2D eigenvalue weighted by molar-refractivity contribution is -0.124. The van der Waals surface area contributed by atoms with Crippen LogP contribution in [0.15, 0.2) is 28.7 Å². The Morgan fingerprint density at radius 3 is 2.23 bits per heavy atom. The SMILES string of the molecule is COc1cc([C@H]2c3c([nH]c(=S)[nH]c3=O)NC3=CC(C)(C)CC(=O)[C@@H]32)cc(OC)c1OC. The lowest BCUT2D eigenvalue weighted by Gasteiger charge is -2.40. The molecule has 0 spiro atoms.